The summed E-state index contributed by atoms with van der Waals surface area (Å²) in [5, 5.41) is 2.95. The van der Waals surface area contributed by atoms with Gasteiger partial charge < -0.3 is 20.5 Å². The number of anilines is 1. The lowest BCUT2D eigenvalue weighted by Crippen LogP contribution is -2.30. The Morgan fingerprint density at radius 2 is 1.92 bits per heavy atom. The van der Waals surface area contributed by atoms with Gasteiger partial charge in [-0.15, -0.1) is 0 Å². The van der Waals surface area contributed by atoms with Crippen LogP contribution in [0.25, 0.3) is 0 Å². The van der Waals surface area contributed by atoms with Gasteiger partial charge in [-0.3, -0.25) is 4.79 Å². The molecule has 1 heterocycles. The van der Waals surface area contributed by atoms with Crippen LogP contribution in [0.4, 0.5) is 5.69 Å². The van der Waals surface area contributed by atoms with Gasteiger partial charge in [0, 0.05) is 12.5 Å². The first kappa shape index (κ1) is 17.5. The van der Waals surface area contributed by atoms with Crippen molar-refractivity contribution >= 4 is 11.6 Å². The van der Waals surface area contributed by atoms with Crippen LogP contribution in [0.15, 0.2) is 54.6 Å². The first-order valence-electron chi connectivity index (χ1n) is 8.60. The lowest BCUT2D eigenvalue weighted by molar-refractivity contribution is -0.120. The molecule has 5 nitrogen and oxygen atoms in total. The Kier molecular flexibility index (Phi) is 5.68. The fourth-order valence-electron chi connectivity index (χ4n) is 2.83. The van der Waals surface area contributed by atoms with Gasteiger partial charge >= 0.3 is 0 Å². The number of hydrogen-bond acceptors (Lipinski definition) is 4. The van der Waals surface area contributed by atoms with Crippen molar-refractivity contribution in [2.75, 3.05) is 18.5 Å². The Hall–Kier alpha value is -2.37. The van der Waals surface area contributed by atoms with Crippen molar-refractivity contribution in [2.45, 2.75) is 25.5 Å². The van der Waals surface area contributed by atoms with Crippen LogP contribution in [0.2, 0.25) is 0 Å². The molecule has 5 heteroatoms. The van der Waals surface area contributed by atoms with Gasteiger partial charge in [0.15, 0.2) is 0 Å². The van der Waals surface area contributed by atoms with E-state index in [2.05, 4.69) is 5.32 Å². The molecule has 3 N–H and O–H groups in total. The van der Waals surface area contributed by atoms with E-state index in [1.165, 1.54) is 0 Å². The summed E-state index contributed by atoms with van der Waals surface area (Å²) in [6, 6.07) is 16.7. The molecule has 3 unspecified atom stereocenters. The molecule has 25 heavy (non-hydrogen) atoms. The third kappa shape index (κ3) is 4.38. The molecule has 0 spiro atoms. The first-order chi connectivity index (χ1) is 12.1. The predicted molar refractivity (Wildman–Crippen MR) is 97.5 cm³/mol. The van der Waals surface area contributed by atoms with Crippen LogP contribution >= 0.6 is 0 Å². The van der Waals surface area contributed by atoms with Gasteiger partial charge in [0.1, 0.15) is 11.9 Å². The molecule has 1 aliphatic heterocycles. The van der Waals surface area contributed by atoms with Crippen molar-refractivity contribution in [2.24, 2.45) is 11.7 Å². The molecule has 3 rings (SSSR count). The SMILES string of the molecule is CC(C(=O)Nc1ccccc1OC1CCOC1)C(N)c1ccccc1. The number of para-hydroxylation sites is 2. The zero-order chi connectivity index (χ0) is 17.6. The van der Waals surface area contributed by atoms with Gasteiger partial charge in [-0.25, -0.2) is 0 Å². The Bertz CT molecular complexity index is 699. The van der Waals surface area contributed by atoms with E-state index in [9.17, 15) is 4.79 Å². The third-order valence-electron chi connectivity index (χ3n) is 4.46. The Morgan fingerprint density at radius 1 is 1.20 bits per heavy atom. The molecule has 1 fully saturated rings. The molecule has 3 atom stereocenters. The standard InChI is InChI=1S/C20H24N2O3/c1-14(19(21)15-7-3-2-4-8-15)20(23)22-17-9-5-6-10-18(17)25-16-11-12-24-13-16/h2-10,14,16,19H,11-13,21H2,1H3,(H,22,23). The van der Waals surface area contributed by atoms with E-state index in [0.717, 1.165) is 12.0 Å². The molecule has 2 aromatic carbocycles. The van der Waals surface area contributed by atoms with Crippen molar-refractivity contribution in [3.8, 4) is 5.75 Å². The van der Waals surface area contributed by atoms with Gasteiger partial charge in [-0.1, -0.05) is 49.4 Å². The number of rotatable bonds is 6. The van der Waals surface area contributed by atoms with Crippen molar-refractivity contribution < 1.29 is 14.3 Å². The first-order valence-corrected chi connectivity index (χ1v) is 8.60. The maximum absolute atomic E-state index is 12.6. The molecule has 1 aliphatic rings. The van der Waals surface area contributed by atoms with Gasteiger partial charge in [-0.2, -0.15) is 0 Å². The molecule has 0 radical (unpaired) electrons. The van der Waals surface area contributed by atoms with Crippen molar-refractivity contribution in [3.05, 3.63) is 60.2 Å². The number of amides is 1. The average Bonchev–Trinajstić information content (AvgIpc) is 3.16. The zero-order valence-corrected chi connectivity index (χ0v) is 14.4. The van der Waals surface area contributed by atoms with Crippen LogP contribution in [0.3, 0.4) is 0 Å². The smallest absolute Gasteiger partial charge is 0.229 e. The molecule has 132 valence electrons. The summed E-state index contributed by atoms with van der Waals surface area (Å²) < 4.78 is 11.3. The molecule has 0 saturated carbocycles. The highest BCUT2D eigenvalue weighted by Crippen LogP contribution is 2.28. The molecule has 1 saturated heterocycles. The van der Waals surface area contributed by atoms with Crippen LogP contribution in [-0.2, 0) is 9.53 Å². The van der Waals surface area contributed by atoms with Gasteiger partial charge in [0.2, 0.25) is 5.91 Å². The van der Waals surface area contributed by atoms with E-state index in [4.69, 9.17) is 15.2 Å². The normalized spacial score (nSPS) is 19.2. The second-order valence-corrected chi connectivity index (χ2v) is 6.31. The number of nitrogens with two attached hydrogens (primary N) is 1. The van der Waals surface area contributed by atoms with Crippen molar-refractivity contribution in [1.82, 2.24) is 0 Å². The number of carbonyl (C=O) groups is 1. The van der Waals surface area contributed by atoms with Crippen LogP contribution in [0.5, 0.6) is 5.75 Å². The summed E-state index contributed by atoms with van der Waals surface area (Å²) >= 11 is 0. The number of benzene rings is 2. The molecular formula is C20H24N2O3. The van der Waals surface area contributed by atoms with Gasteiger partial charge in [0.25, 0.3) is 0 Å². The maximum Gasteiger partial charge on any atom is 0.229 e. The van der Waals surface area contributed by atoms with E-state index in [1.54, 1.807) is 0 Å². The quantitative estimate of drug-likeness (QED) is 0.847. The van der Waals surface area contributed by atoms with Crippen LogP contribution in [0.1, 0.15) is 24.9 Å². The minimum absolute atomic E-state index is 0.0297. The predicted octanol–water partition coefficient (Wildman–Crippen LogP) is 3.13. The second kappa shape index (κ2) is 8.14. The highest BCUT2D eigenvalue weighted by atomic mass is 16.5. The molecule has 0 aromatic heterocycles. The summed E-state index contributed by atoms with van der Waals surface area (Å²) in [5.41, 5.74) is 7.86. The number of ether oxygens (including phenoxy) is 2. The lowest BCUT2D eigenvalue weighted by Gasteiger charge is -2.21. The topological polar surface area (TPSA) is 73.6 Å². The lowest BCUT2D eigenvalue weighted by atomic mass is 9.94. The molecule has 2 aromatic rings. The zero-order valence-electron chi connectivity index (χ0n) is 14.4. The number of carbonyl (C=O) groups excluding carboxylic acids is 1. The van der Waals surface area contributed by atoms with E-state index in [-0.39, 0.29) is 24.0 Å². The summed E-state index contributed by atoms with van der Waals surface area (Å²) in [6.07, 6.45) is 0.888. The summed E-state index contributed by atoms with van der Waals surface area (Å²) in [5.74, 6) is 0.159. The van der Waals surface area contributed by atoms with Crippen LogP contribution < -0.4 is 15.8 Å². The Morgan fingerprint density at radius 3 is 2.64 bits per heavy atom. The minimum atomic E-state index is -0.370. The molecule has 0 bridgehead atoms. The minimum Gasteiger partial charge on any atom is -0.486 e. The van der Waals surface area contributed by atoms with Crippen molar-refractivity contribution in [1.29, 1.82) is 0 Å². The molecule has 0 aliphatic carbocycles. The van der Waals surface area contributed by atoms with E-state index < -0.39 is 0 Å². The highest BCUT2D eigenvalue weighted by molar-refractivity contribution is 5.94. The highest BCUT2D eigenvalue weighted by Gasteiger charge is 2.24. The molecular weight excluding hydrogens is 316 g/mol. The fourth-order valence-corrected chi connectivity index (χ4v) is 2.83. The summed E-state index contributed by atoms with van der Waals surface area (Å²) in [4.78, 5) is 12.6. The summed E-state index contributed by atoms with van der Waals surface area (Å²) in [7, 11) is 0. The van der Waals surface area contributed by atoms with Gasteiger partial charge in [0.05, 0.1) is 24.8 Å². The fraction of sp³-hybridized carbons (Fsp3) is 0.350. The van der Waals surface area contributed by atoms with E-state index in [1.807, 2.05) is 61.5 Å². The monoisotopic (exact) mass is 340 g/mol. The van der Waals surface area contributed by atoms with E-state index in [0.29, 0.717) is 24.7 Å². The summed E-state index contributed by atoms with van der Waals surface area (Å²) in [6.45, 7) is 3.13. The third-order valence-corrected chi connectivity index (χ3v) is 4.46. The Labute approximate surface area is 148 Å². The van der Waals surface area contributed by atoms with Crippen LogP contribution in [0, 0.1) is 5.92 Å². The largest absolute Gasteiger partial charge is 0.486 e. The maximum atomic E-state index is 12.6. The average molecular weight is 340 g/mol. The van der Waals surface area contributed by atoms with Crippen LogP contribution in [-0.4, -0.2) is 25.2 Å². The number of hydrogen-bond donors (Lipinski definition) is 2. The van der Waals surface area contributed by atoms with Crippen molar-refractivity contribution in [3.63, 3.8) is 0 Å². The number of nitrogens with one attached hydrogen (secondary N) is 1. The van der Waals surface area contributed by atoms with E-state index >= 15 is 0 Å². The van der Waals surface area contributed by atoms with Gasteiger partial charge in [-0.05, 0) is 17.7 Å². The Balaban J connectivity index is 1.68. The molecule has 1 amide bonds. The second-order valence-electron chi connectivity index (χ2n) is 6.31.